The maximum atomic E-state index is 5.67. The number of nitrogen functional groups attached to an aromatic ring is 1. The predicted molar refractivity (Wildman–Crippen MR) is 79.8 cm³/mol. The van der Waals surface area contributed by atoms with Crippen molar-refractivity contribution in [2.24, 2.45) is 0 Å². The van der Waals surface area contributed by atoms with Crippen LogP contribution >= 0.6 is 0 Å². The van der Waals surface area contributed by atoms with E-state index < -0.39 is 0 Å². The van der Waals surface area contributed by atoms with E-state index in [4.69, 9.17) is 5.73 Å². The summed E-state index contributed by atoms with van der Waals surface area (Å²) in [6.07, 6.45) is 1.84. The zero-order chi connectivity index (χ0) is 13.7. The van der Waals surface area contributed by atoms with Gasteiger partial charge in [0.25, 0.3) is 0 Å². The predicted octanol–water partition coefficient (Wildman–Crippen LogP) is 2.73. The zero-order valence-corrected chi connectivity index (χ0v) is 11.6. The van der Waals surface area contributed by atoms with Crippen LogP contribution in [0.15, 0.2) is 48.7 Å². The quantitative estimate of drug-likeness (QED) is 0.808. The number of rotatable bonds is 5. The molecule has 0 saturated carbocycles. The van der Waals surface area contributed by atoms with Gasteiger partial charge in [0.1, 0.15) is 0 Å². The Kier molecular flexibility index (Phi) is 4.17. The van der Waals surface area contributed by atoms with Gasteiger partial charge in [-0.3, -0.25) is 4.98 Å². The van der Waals surface area contributed by atoms with Crippen LogP contribution < -0.4 is 11.1 Å². The molecule has 3 nitrogen and oxygen atoms in total. The number of hydrogen-bond acceptors (Lipinski definition) is 3. The van der Waals surface area contributed by atoms with Crippen molar-refractivity contribution >= 4 is 5.69 Å². The summed E-state index contributed by atoms with van der Waals surface area (Å²) in [5, 5.41) is 3.48. The van der Waals surface area contributed by atoms with E-state index in [1.807, 2.05) is 30.5 Å². The molecule has 0 aliphatic carbocycles. The number of aromatic nitrogens is 1. The van der Waals surface area contributed by atoms with Gasteiger partial charge in [-0.15, -0.1) is 0 Å². The Hall–Kier alpha value is -1.87. The number of nitrogens with two attached hydrogens (primary N) is 1. The molecule has 2 rings (SSSR count). The molecule has 0 bridgehead atoms. The normalized spacial score (nSPS) is 11.5. The van der Waals surface area contributed by atoms with Gasteiger partial charge in [-0.25, -0.2) is 0 Å². The van der Waals surface area contributed by atoms with E-state index >= 15 is 0 Å². The number of hydrogen-bond donors (Lipinski definition) is 2. The highest BCUT2D eigenvalue weighted by Crippen LogP contribution is 2.19. The Morgan fingerprint density at radius 1 is 1.11 bits per heavy atom. The van der Waals surface area contributed by atoms with Crippen molar-refractivity contribution in [3.8, 4) is 0 Å². The smallest absolute Gasteiger partial charge is 0.0472 e. The molecule has 0 saturated heterocycles. The van der Waals surface area contributed by atoms with Gasteiger partial charge >= 0.3 is 0 Å². The van der Waals surface area contributed by atoms with Crippen LogP contribution in [0.3, 0.4) is 0 Å². The van der Waals surface area contributed by atoms with Gasteiger partial charge in [0.05, 0.1) is 0 Å². The van der Waals surface area contributed by atoms with Crippen LogP contribution in [-0.4, -0.2) is 11.5 Å². The van der Waals surface area contributed by atoms with Gasteiger partial charge in [0.15, 0.2) is 0 Å². The van der Waals surface area contributed by atoms with Crippen LogP contribution in [0.4, 0.5) is 5.69 Å². The molecule has 0 amide bonds. The molecule has 0 aliphatic heterocycles. The van der Waals surface area contributed by atoms with E-state index in [-0.39, 0.29) is 5.41 Å². The van der Waals surface area contributed by atoms with Crippen LogP contribution in [0.5, 0.6) is 0 Å². The van der Waals surface area contributed by atoms with Gasteiger partial charge in [-0.2, -0.15) is 0 Å². The fraction of sp³-hybridized carbons (Fsp3) is 0.312. The highest BCUT2D eigenvalue weighted by molar-refractivity contribution is 5.39. The van der Waals surface area contributed by atoms with Gasteiger partial charge in [-0.1, -0.05) is 32.0 Å². The minimum atomic E-state index is 0.0229. The van der Waals surface area contributed by atoms with Crippen molar-refractivity contribution in [2.45, 2.75) is 25.8 Å². The molecule has 100 valence electrons. The Labute approximate surface area is 114 Å². The van der Waals surface area contributed by atoms with Crippen LogP contribution in [0.25, 0.3) is 0 Å². The molecule has 3 heteroatoms. The summed E-state index contributed by atoms with van der Waals surface area (Å²) in [5.74, 6) is 0. The molecule has 0 aliphatic rings. The first-order valence-corrected chi connectivity index (χ1v) is 6.54. The lowest BCUT2D eigenvalue weighted by Gasteiger charge is -2.24. The van der Waals surface area contributed by atoms with E-state index in [2.05, 4.69) is 42.3 Å². The molecule has 1 aromatic carbocycles. The summed E-state index contributed by atoms with van der Waals surface area (Å²) in [5.41, 5.74) is 8.85. The minimum Gasteiger partial charge on any atom is -0.399 e. The number of anilines is 1. The molecule has 3 N–H and O–H groups in total. The Morgan fingerprint density at radius 2 is 1.84 bits per heavy atom. The molecule has 1 heterocycles. The van der Waals surface area contributed by atoms with Crippen LogP contribution in [0, 0.1) is 0 Å². The van der Waals surface area contributed by atoms with Crippen LogP contribution in [-0.2, 0) is 12.0 Å². The molecule has 0 radical (unpaired) electrons. The molecule has 2 aromatic rings. The lowest BCUT2D eigenvalue weighted by atomic mass is 9.88. The molecule has 0 atom stereocenters. The summed E-state index contributed by atoms with van der Waals surface area (Å²) in [7, 11) is 0. The second kappa shape index (κ2) is 5.85. The van der Waals surface area contributed by atoms with Crippen molar-refractivity contribution in [3.05, 3.63) is 59.9 Å². The summed E-state index contributed by atoms with van der Waals surface area (Å²) in [6, 6.07) is 14.0. The van der Waals surface area contributed by atoms with Crippen molar-refractivity contribution in [1.82, 2.24) is 10.3 Å². The second-order valence-electron chi connectivity index (χ2n) is 5.44. The summed E-state index contributed by atoms with van der Waals surface area (Å²) >= 11 is 0. The highest BCUT2D eigenvalue weighted by atomic mass is 14.9. The summed E-state index contributed by atoms with van der Waals surface area (Å²) < 4.78 is 0. The fourth-order valence-corrected chi connectivity index (χ4v) is 2.01. The first-order chi connectivity index (χ1) is 9.08. The molecule has 1 aromatic heterocycles. The third kappa shape index (κ3) is 3.80. The largest absolute Gasteiger partial charge is 0.399 e. The minimum absolute atomic E-state index is 0.0229. The lowest BCUT2D eigenvalue weighted by molar-refractivity contribution is 0.457. The number of nitrogens with one attached hydrogen (secondary N) is 1. The number of nitrogens with zero attached hydrogens (tertiary/aromatic N) is 1. The van der Waals surface area contributed by atoms with E-state index in [1.165, 1.54) is 5.56 Å². The number of benzene rings is 1. The van der Waals surface area contributed by atoms with E-state index in [9.17, 15) is 0 Å². The van der Waals surface area contributed by atoms with Crippen molar-refractivity contribution < 1.29 is 0 Å². The topological polar surface area (TPSA) is 50.9 Å². The Morgan fingerprint density at radius 3 is 2.47 bits per heavy atom. The lowest BCUT2D eigenvalue weighted by Crippen LogP contribution is -2.33. The maximum absolute atomic E-state index is 5.67. The first kappa shape index (κ1) is 13.6. The van der Waals surface area contributed by atoms with E-state index in [1.54, 1.807) is 0 Å². The average molecular weight is 255 g/mol. The molecular formula is C16H21N3. The van der Waals surface area contributed by atoms with Gasteiger partial charge in [0, 0.05) is 36.1 Å². The molecule has 0 spiro atoms. The van der Waals surface area contributed by atoms with Crippen LogP contribution in [0.2, 0.25) is 0 Å². The molecule has 19 heavy (non-hydrogen) atoms. The molecular weight excluding hydrogens is 234 g/mol. The second-order valence-corrected chi connectivity index (χ2v) is 5.44. The number of pyridine rings is 1. The standard InChI is InChI=1S/C16H21N3/c1-16(2,15-5-3-4-10-19-15)12-18-11-13-6-8-14(17)9-7-13/h3-10,18H,11-12,17H2,1-2H3. The third-order valence-electron chi connectivity index (χ3n) is 3.23. The van der Waals surface area contributed by atoms with Crippen molar-refractivity contribution in [2.75, 3.05) is 12.3 Å². The third-order valence-corrected chi connectivity index (χ3v) is 3.23. The van der Waals surface area contributed by atoms with Gasteiger partial charge in [-0.05, 0) is 29.8 Å². The molecule has 0 fully saturated rings. The highest BCUT2D eigenvalue weighted by Gasteiger charge is 2.20. The van der Waals surface area contributed by atoms with Crippen molar-refractivity contribution in [1.29, 1.82) is 0 Å². The van der Waals surface area contributed by atoms with E-state index in [0.29, 0.717) is 0 Å². The first-order valence-electron chi connectivity index (χ1n) is 6.54. The molecule has 0 unspecified atom stereocenters. The maximum Gasteiger partial charge on any atom is 0.0472 e. The fourth-order valence-electron chi connectivity index (χ4n) is 2.01. The van der Waals surface area contributed by atoms with Crippen LogP contribution in [0.1, 0.15) is 25.1 Å². The average Bonchev–Trinajstić information content (AvgIpc) is 2.42. The monoisotopic (exact) mass is 255 g/mol. The Balaban J connectivity index is 1.90. The van der Waals surface area contributed by atoms with Gasteiger partial charge in [0.2, 0.25) is 0 Å². The SMILES string of the molecule is CC(C)(CNCc1ccc(N)cc1)c1ccccn1. The Bertz CT molecular complexity index is 503. The van der Waals surface area contributed by atoms with Gasteiger partial charge < -0.3 is 11.1 Å². The summed E-state index contributed by atoms with van der Waals surface area (Å²) in [6.45, 7) is 6.13. The summed E-state index contributed by atoms with van der Waals surface area (Å²) in [4.78, 5) is 4.43. The zero-order valence-electron chi connectivity index (χ0n) is 11.6. The van der Waals surface area contributed by atoms with E-state index in [0.717, 1.165) is 24.5 Å². The van der Waals surface area contributed by atoms with Crippen molar-refractivity contribution in [3.63, 3.8) is 0 Å².